The molecular formula is C16H15N2O3S2-. The normalized spacial score (nSPS) is 17.1. The van der Waals surface area contributed by atoms with Crippen LogP contribution in [0.25, 0.3) is 11.6 Å². The van der Waals surface area contributed by atoms with E-state index in [2.05, 4.69) is 4.98 Å². The van der Waals surface area contributed by atoms with Gasteiger partial charge in [0.2, 0.25) is 0 Å². The lowest BCUT2D eigenvalue weighted by molar-refractivity contribution is -0.113. The van der Waals surface area contributed by atoms with Crippen molar-refractivity contribution < 1.29 is 13.6 Å². The van der Waals surface area contributed by atoms with E-state index in [1.54, 1.807) is 29.3 Å². The van der Waals surface area contributed by atoms with Gasteiger partial charge in [-0.25, -0.2) is 4.98 Å². The third kappa shape index (κ3) is 3.12. The van der Waals surface area contributed by atoms with Crippen molar-refractivity contribution in [1.29, 1.82) is 0 Å². The number of hydrogen-bond donors (Lipinski definition) is 0. The number of carbonyl (C=O) groups excluding carboxylic acids is 1. The maximum atomic E-state index is 12.8. The van der Waals surface area contributed by atoms with Crippen LogP contribution in [-0.4, -0.2) is 26.2 Å². The summed E-state index contributed by atoms with van der Waals surface area (Å²) < 4.78 is 22.5. The van der Waals surface area contributed by atoms with E-state index in [4.69, 9.17) is 0 Å². The van der Waals surface area contributed by atoms with E-state index in [9.17, 15) is 13.6 Å². The van der Waals surface area contributed by atoms with Gasteiger partial charge in [0.25, 0.3) is 5.91 Å². The number of anilines is 1. The van der Waals surface area contributed by atoms with Gasteiger partial charge in [-0.3, -0.25) is 9.00 Å². The minimum absolute atomic E-state index is 0.113. The molecule has 0 saturated carbocycles. The minimum atomic E-state index is -2.33. The summed E-state index contributed by atoms with van der Waals surface area (Å²) in [4.78, 5) is 18.8. The Morgan fingerprint density at radius 2 is 2.22 bits per heavy atom. The quantitative estimate of drug-likeness (QED) is 0.630. The summed E-state index contributed by atoms with van der Waals surface area (Å²) in [6.07, 6.45) is 3.40. The fraction of sp³-hybridized carbons (Fsp3) is 0.250. The summed E-state index contributed by atoms with van der Waals surface area (Å²) in [5.41, 5.74) is 1.89. The van der Waals surface area contributed by atoms with E-state index in [0.717, 1.165) is 10.7 Å². The second kappa shape index (κ2) is 6.35. The Labute approximate surface area is 141 Å². The lowest BCUT2D eigenvalue weighted by atomic mass is 10.1. The Hall–Kier alpha value is -1.83. The molecule has 0 N–H and O–H groups in total. The molecule has 2 aromatic rings. The highest BCUT2D eigenvalue weighted by Gasteiger charge is 2.33. The Balaban J connectivity index is 2.13. The third-order valence-electron chi connectivity index (χ3n) is 3.48. The van der Waals surface area contributed by atoms with Crippen LogP contribution in [0.5, 0.6) is 0 Å². The average Bonchev–Trinajstić information content (AvgIpc) is 3.09. The van der Waals surface area contributed by atoms with Crippen LogP contribution in [0.4, 0.5) is 5.69 Å². The van der Waals surface area contributed by atoms with Crippen molar-refractivity contribution in [2.75, 3.05) is 11.4 Å². The molecule has 23 heavy (non-hydrogen) atoms. The van der Waals surface area contributed by atoms with E-state index in [-0.39, 0.29) is 10.8 Å². The SMILES string of the molecule is CC(C)CN1C(=O)/C(=C/c2nccs2)c2cc(S(=O)[O-])ccc21. The van der Waals surface area contributed by atoms with Crippen LogP contribution >= 0.6 is 11.3 Å². The van der Waals surface area contributed by atoms with Crippen LogP contribution < -0.4 is 4.90 Å². The Bertz CT molecular complexity index is 798. The molecule has 7 heteroatoms. The highest BCUT2D eigenvalue weighted by atomic mass is 32.2. The van der Waals surface area contributed by atoms with Gasteiger partial charge in [-0.15, -0.1) is 11.3 Å². The minimum Gasteiger partial charge on any atom is -0.768 e. The van der Waals surface area contributed by atoms with Gasteiger partial charge in [0, 0.05) is 28.6 Å². The molecule has 1 aliphatic heterocycles. The van der Waals surface area contributed by atoms with E-state index < -0.39 is 11.1 Å². The van der Waals surface area contributed by atoms with Gasteiger partial charge in [-0.2, -0.15) is 0 Å². The van der Waals surface area contributed by atoms with Crippen LogP contribution in [0.1, 0.15) is 24.4 Å². The fourth-order valence-corrected chi connectivity index (χ4v) is 3.52. The molecule has 1 aromatic heterocycles. The Morgan fingerprint density at radius 1 is 1.43 bits per heavy atom. The summed E-state index contributed by atoms with van der Waals surface area (Å²) in [7, 11) is 0. The number of nitrogens with zero attached hydrogens (tertiary/aromatic N) is 2. The summed E-state index contributed by atoms with van der Waals surface area (Å²) in [6.45, 7) is 4.66. The van der Waals surface area contributed by atoms with Crippen molar-refractivity contribution in [2.45, 2.75) is 18.7 Å². The molecule has 3 rings (SSSR count). The van der Waals surface area contributed by atoms with Crippen molar-refractivity contribution >= 4 is 45.7 Å². The predicted molar refractivity (Wildman–Crippen MR) is 90.8 cm³/mol. The smallest absolute Gasteiger partial charge is 0.259 e. The topological polar surface area (TPSA) is 73.3 Å². The van der Waals surface area contributed by atoms with Crippen LogP contribution in [-0.2, 0) is 15.9 Å². The van der Waals surface area contributed by atoms with Gasteiger partial charge in [0.15, 0.2) is 0 Å². The maximum absolute atomic E-state index is 12.8. The van der Waals surface area contributed by atoms with Gasteiger partial charge < -0.3 is 9.45 Å². The predicted octanol–water partition coefficient (Wildman–Crippen LogP) is 2.92. The summed E-state index contributed by atoms with van der Waals surface area (Å²) in [6, 6.07) is 4.77. The number of aromatic nitrogens is 1. The van der Waals surface area contributed by atoms with Crippen molar-refractivity contribution in [2.24, 2.45) is 5.92 Å². The molecule has 0 saturated heterocycles. The second-order valence-corrected chi connectivity index (χ2v) is 7.52. The van der Waals surface area contributed by atoms with E-state index in [1.807, 2.05) is 19.2 Å². The number of benzene rings is 1. The Morgan fingerprint density at radius 3 is 2.83 bits per heavy atom. The van der Waals surface area contributed by atoms with Crippen molar-refractivity contribution in [3.63, 3.8) is 0 Å². The van der Waals surface area contributed by atoms with Gasteiger partial charge in [0.1, 0.15) is 5.01 Å². The lowest BCUT2D eigenvalue weighted by Crippen LogP contribution is -2.30. The third-order valence-corrected chi connectivity index (χ3v) is 4.85. The number of rotatable bonds is 4. The fourth-order valence-electron chi connectivity index (χ4n) is 2.56. The van der Waals surface area contributed by atoms with Crippen LogP contribution in [0, 0.1) is 5.92 Å². The standard InChI is InChI=1S/C16H16N2O3S2/c1-10(2)9-18-14-4-3-11(23(20)21)7-12(14)13(16(18)19)8-15-17-5-6-22-15/h3-8,10H,9H2,1-2H3,(H,20,21)/p-1/b13-8+. The Kier molecular flexibility index (Phi) is 4.43. The van der Waals surface area contributed by atoms with Crippen molar-refractivity contribution in [1.82, 2.24) is 4.98 Å². The largest absolute Gasteiger partial charge is 0.768 e. The van der Waals surface area contributed by atoms with Gasteiger partial charge in [-0.1, -0.05) is 13.8 Å². The average molecular weight is 347 g/mol. The molecule has 1 amide bonds. The maximum Gasteiger partial charge on any atom is 0.259 e. The molecule has 0 spiro atoms. The number of hydrogen-bond acceptors (Lipinski definition) is 5. The molecule has 0 bridgehead atoms. The molecule has 120 valence electrons. The first kappa shape index (κ1) is 16.0. The molecule has 1 unspecified atom stereocenters. The molecule has 0 fully saturated rings. The van der Waals surface area contributed by atoms with Crippen molar-refractivity contribution in [3.05, 3.63) is 40.3 Å². The molecule has 1 atom stereocenters. The number of fused-ring (bicyclic) bond motifs is 1. The number of amides is 1. The molecular weight excluding hydrogens is 332 g/mol. The zero-order valence-corrected chi connectivity index (χ0v) is 14.3. The zero-order valence-electron chi connectivity index (χ0n) is 12.7. The first-order chi connectivity index (χ1) is 11.0. The number of thiazole rings is 1. The second-order valence-electron chi connectivity index (χ2n) is 5.65. The van der Waals surface area contributed by atoms with Crippen LogP contribution in [0.2, 0.25) is 0 Å². The molecule has 1 aliphatic rings. The first-order valence-electron chi connectivity index (χ1n) is 7.14. The monoisotopic (exact) mass is 347 g/mol. The number of carbonyl (C=O) groups is 1. The molecule has 5 nitrogen and oxygen atoms in total. The molecule has 2 heterocycles. The molecule has 0 aliphatic carbocycles. The van der Waals surface area contributed by atoms with Gasteiger partial charge in [-0.05, 0) is 41.3 Å². The van der Waals surface area contributed by atoms with Crippen LogP contribution in [0.15, 0.2) is 34.7 Å². The van der Waals surface area contributed by atoms with Gasteiger partial charge in [0.05, 0.1) is 11.3 Å². The van der Waals surface area contributed by atoms with Crippen LogP contribution in [0.3, 0.4) is 0 Å². The summed E-state index contributed by atoms with van der Waals surface area (Å²) in [5.74, 6) is 0.192. The van der Waals surface area contributed by atoms with E-state index in [1.165, 1.54) is 17.4 Å². The van der Waals surface area contributed by atoms with Crippen molar-refractivity contribution in [3.8, 4) is 0 Å². The van der Waals surface area contributed by atoms with E-state index in [0.29, 0.717) is 23.6 Å². The zero-order chi connectivity index (χ0) is 16.6. The first-order valence-corrected chi connectivity index (χ1v) is 9.09. The lowest BCUT2D eigenvalue weighted by Gasteiger charge is -2.19. The highest BCUT2D eigenvalue weighted by molar-refractivity contribution is 7.79. The summed E-state index contributed by atoms with van der Waals surface area (Å²) in [5, 5.41) is 2.56. The summed E-state index contributed by atoms with van der Waals surface area (Å²) >= 11 is -0.896. The molecule has 1 aromatic carbocycles. The van der Waals surface area contributed by atoms with Gasteiger partial charge >= 0.3 is 0 Å². The molecule has 0 radical (unpaired) electrons. The van der Waals surface area contributed by atoms with E-state index >= 15 is 0 Å². The highest BCUT2D eigenvalue weighted by Crippen LogP contribution is 2.39.